The molecule has 25 heavy (non-hydrogen) atoms. The first-order chi connectivity index (χ1) is 12.2. The molecule has 0 unspecified atom stereocenters. The number of carbonyl (C=O) groups excluding carboxylic acids is 1. The number of carbonyl (C=O) groups is 1. The van der Waals surface area contributed by atoms with E-state index in [0.717, 1.165) is 12.2 Å². The SMILES string of the molecule is COc1cccc(NC(=O)NCCOc2ccc3c(c2)CCCC3)c1. The summed E-state index contributed by atoms with van der Waals surface area (Å²) in [5, 5.41) is 5.56. The van der Waals surface area contributed by atoms with Gasteiger partial charge in [0.05, 0.1) is 13.7 Å². The molecule has 5 heteroatoms. The molecule has 2 aromatic carbocycles. The number of urea groups is 1. The quantitative estimate of drug-likeness (QED) is 0.787. The first kappa shape index (κ1) is 17.1. The normalized spacial score (nSPS) is 12.8. The van der Waals surface area contributed by atoms with Gasteiger partial charge in [0.1, 0.15) is 18.1 Å². The van der Waals surface area contributed by atoms with Crippen LogP contribution in [0.15, 0.2) is 42.5 Å². The van der Waals surface area contributed by atoms with Gasteiger partial charge in [0, 0.05) is 11.8 Å². The maximum atomic E-state index is 11.9. The van der Waals surface area contributed by atoms with E-state index in [1.54, 1.807) is 13.2 Å². The van der Waals surface area contributed by atoms with Crippen LogP contribution in [-0.2, 0) is 12.8 Å². The second-order valence-corrected chi connectivity index (χ2v) is 6.10. The molecule has 2 amide bonds. The van der Waals surface area contributed by atoms with E-state index < -0.39 is 0 Å². The number of methoxy groups -OCH3 is 1. The molecule has 0 aromatic heterocycles. The van der Waals surface area contributed by atoms with E-state index >= 15 is 0 Å². The molecule has 0 spiro atoms. The molecule has 0 atom stereocenters. The molecule has 132 valence electrons. The summed E-state index contributed by atoms with van der Waals surface area (Å²) in [7, 11) is 1.59. The van der Waals surface area contributed by atoms with E-state index in [1.807, 2.05) is 24.3 Å². The average Bonchev–Trinajstić information content (AvgIpc) is 2.65. The topological polar surface area (TPSA) is 59.6 Å². The summed E-state index contributed by atoms with van der Waals surface area (Å²) >= 11 is 0. The Labute approximate surface area is 148 Å². The Morgan fingerprint density at radius 1 is 1.04 bits per heavy atom. The molecule has 1 aliphatic rings. The first-order valence-corrected chi connectivity index (χ1v) is 8.68. The third-order valence-corrected chi connectivity index (χ3v) is 4.30. The van der Waals surface area contributed by atoms with E-state index in [-0.39, 0.29) is 6.03 Å². The molecule has 2 aromatic rings. The van der Waals surface area contributed by atoms with E-state index in [2.05, 4.69) is 22.8 Å². The van der Waals surface area contributed by atoms with Gasteiger partial charge >= 0.3 is 6.03 Å². The summed E-state index contributed by atoms with van der Waals surface area (Å²) in [6.45, 7) is 0.872. The van der Waals surface area contributed by atoms with E-state index in [1.165, 1.54) is 30.4 Å². The maximum Gasteiger partial charge on any atom is 0.319 e. The van der Waals surface area contributed by atoms with E-state index in [4.69, 9.17) is 9.47 Å². The first-order valence-electron chi connectivity index (χ1n) is 8.68. The van der Waals surface area contributed by atoms with Crippen molar-refractivity contribution in [2.24, 2.45) is 0 Å². The van der Waals surface area contributed by atoms with Crippen LogP contribution in [0.5, 0.6) is 11.5 Å². The fourth-order valence-electron chi connectivity index (χ4n) is 3.01. The Morgan fingerprint density at radius 3 is 2.72 bits per heavy atom. The molecule has 0 heterocycles. The molecule has 0 fully saturated rings. The highest BCUT2D eigenvalue weighted by atomic mass is 16.5. The summed E-state index contributed by atoms with van der Waals surface area (Å²) in [6.07, 6.45) is 4.83. The van der Waals surface area contributed by atoms with Crippen LogP contribution in [0.25, 0.3) is 0 Å². The standard InChI is InChI=1S/C20H24N2O3/c1-24-18-8-4-7-17(14-18)22-20(23)21-11-12-25-19-10-9-15-5-2-3-6-16(15)13-19/h4,7-10,13-14H,2-3,5-6,11-12H2,1H3,(H2,21,22,23). The van der Waals surface area contributed by atoms with Crippen molar-refractivity contribution in [3.8, 4) is 11.5 Å². The predicted octanol–water partition coefficient (Wildman–Crippen LogP) is 3.77. The molecule has 0 radical (unpaired) electrons. The molecular weight excluding hydrogens is 316 g/mol. The van der Waals surface area contributed by atoms with Crippen molar-refractivity contribution in [3.05, 3.63) is 53.6 Å². The maximum absolute atomic E-state index is 11.9. The van der Waals surface area contributed by atoms with Crippen LogP contribution in [0.1, 0.15) is 24.0 Å². The zero-order valence-electron chi connectivity index (χ0n) is 14.5. The highest BCUT2D eigenvalue weighted by Gasteiger charge is 2.10. The molecule has 0 bridgehead atoms. The minimum absolute atomic E-state index is 0.262. The lowest BCUT2D eigenvalue weighted by atomic mass is 9.92. The van der Waals surface area contributed by atoms with Crippen molar-refractivity contribution >= 4 is 11.7 Å². The Balaban J connectivity index is 1.41. The summed E-state index contributed by atoms with van der Waals surface area (Å²) in [6, 6.07) is 13.3. The molecule has 3 rings (SSSR count). The molecule has 0 saturated carbocycles. The number of benzene rings is 2. The second-order valence-electron chi connectivity index (χ2n) is 6.10. The highest BCUT2D eigenvalue weighted by Crippen LogP contribution is 2.25. The minimum atomic E-state index is -0.262. The largest absolute Gasteiger partial charge is 0.497 e. The summed E-state index contributed by atoms with van der Waals surface area (Å²) in [4.78, 5) is 11.9. The molecular formula is C20H24N2O3. The van der Waals surface area contributed by atoms with Gasteiger partial charge in [-0.25, -0.2) is 4.79 Å². The van der Waals surface area contributed by atoms with Crippen molar-refractivity contribution in [3.63, 3.8) is 0 Å². The lowest BCUT2D eigenvalue weighted by molar-refractivity contribution is 0.247. The van der Waals surface area contributed by atoms with Crippen LogP contribution in [0.4, 0.5) is 10.5 Å². The number of hydrogen-bond acceptors (Lipinski definition) is 3. The fraction of sp³-hybridized carbons (Fsp3) is 0.350. The van der Waals surface area contributed by atoms with Crippen LogP contribution in [0, 0.1) is 0 Å². The second kappa shape index (κ2) is 8.42. The van der Waals surface area contributed by atoms with Gasteiger partial charge in [0.15, 0.2) is 0 Å². The summed E-state index contributed by atoms with van der Waals surface area (Å²) in [5.41, 5.74) is 3.52. The Hall–Kier alpha value is -2.69. The van der Waals surface area contributed by atoms with Gasteiger partial charge in [-0.05, 0) is 61.1 Å². The van der Waals surface area contributed by atoms with Crippen molar-refractivity contribution < 1.29 is 14.3 Å². The molecule has 0 saturated heterocycles. The van der Waals surface area contributed by atoms with Crippen molar-refractivity contribution in [1.29, 1.82) is 0 Å². The van der Waals surface area contributed by atoms with Gasteiger partial charge in [0.25, 0.3) is 0 Å². The van der Waals surface area contributed by atoms with Crippen molar-refractivity contribution in [2.75, 3.05) is 25.6 Å². The molecule has 0 aliphatic heterocycles. The number of amides is 2. The van der Waals surface area contributed by atoms with E-state index in [0.29, 0.717) is 24.6 Å². The number of nitrogens with one attached hydrogen (secondary N) is 2. The Bertz CT molecular complexity index is 731. The number of hydrogen-bond donors (Lipinski definition) is 2. The summed E-state index contributed by atoms with van der Waals surface area (Å²) < 4.78 is 10.9. The van der Waals surface area contributed by atoms with Gasteiger partial charge in [-0.2, -0.15) is 0 Å². The summed E-state index contributed by atoms with van der Waals surface area (Å²) in [5.74, 6) is 1.57. The minimum Gasteiger partial charge on any atom is -0.497 e. The monoisotopic (exact) mass is 340 g/mol. The number of ether oxygens (including phenoxy) is 2. The molecule has 5 nitrogen and oxygen atoms in total. The average molecular weight is 340 g/mol. The van der Waals surface area contributed by atoms with Crippen LogP contribution in [0.2, 0.25) is 0 Å². The van der Waals surface area contributed by atoms with Crippen LogP contribution < -0.4 is 20.1 Å². The lowest BCUT2D eigenvalue weighted by Gasteiger charge is -2.17. The van der Waals surface area contributed by atoms with Crippen LogP contribution >= 0.6 is 0 Å². The Morgan fingerprint density at radius 2 is 1.88 bits per heavy atom. The lowest BCUT2D eigenvalue weighted by Crippen LogP contribution is -2.32. The molecule has 1 aliphatic carbocycles. The predicted molar refractivity (Wildman–Crippen MR) is 98.6 cm³/mol. The van der Waals surface area contributed by atoms with Crippen LogP contribution in [0.3, 0.4) is 0 Å². The Kier molecular flexibility index (Phi) is 5.77. The smallest absolute Gasteiger partial charge is 0.319 e. The third kappa shape index (κ3) is 4.89. The van der Waals surface area contributed by atoms with Gasteiger partial charge in [-0.1, -0.05) is 12.1 Å². The van der Waals surface area contributed by atoms with Gasteiger partial charge in [-0.15, -0.1) is 0 Å². The number of anilines is 1. The van der Waals surface area contributed by atoms with Gasteiger partial charge < -0.3 is 20.1 Å². The number of aryl methyl sites for hydroxylation is 2. The molecule has 2 N–H and O–H groups in total. The van der Waals surface area contributed by atoms with Crippen LogP contribution in [-0.4, -0.2) is 26.3 Å². The number of fused-ring (bicyclic) bond motifs is 1. The highest BCUT2D eigenvalue weighted by molar-refractivity contribution is 5.89. The fourth-order valence-corrected chi connectivity index (χ4v) is 3.01. The van der Waals surface area contributed by atoms with Crippen molar-refractivity contribution in [2.45, 2.75) is 25.7 Å². The van der Waals surface area contributed by atoms with Gasteiger partial charge in [0.2, 0.25) is 0 Å². The van der Waals surface area contributed by atoms with Gasteiger partial charge in [-0.3, -0.25) is 0 Å². The zero-order valence-corrected chi connectivity index (χ0v) is 14.5. The zero-order chi connectivity index (χ0) is 17.5. The van der Waals surface area contributed by atoms with Crippen molar-refractivity contribution in [1.82, 2.24) is 5.32 Å². The number of rotatable bonds is 6. The third-order valence-electron chi connectivity index (χ3n) is 4.30. The van der Waals surface area contributed by atoms with E-state index in [9.17, 15) is 4.79 Å².